The Kier molecular flexibility index (Phi) is 5.85. The first-order valence-electron chi connectivity index (χ1n) is 11.5. The molecule has 1 atom stereocenters. The highest BCUT2D eigenvalue weighted by Crippen LogP contribution is 2.35. The van der Waals surface area contributed by atoms with Gasteiger partial charge in [-0.1, -0.05) is 0 Å². The van der Waals surface area contributed by atoms with Gasteiger partial charge in [0.25, 0.3) is 0 Å². The van der Waals surface area contributed by atoms with E-state index in [1.165, 1.54) is 5.69 Å². The van der Waals surface area contributed by atoms with Crippen molar-refractivity contribution >= 4 is 28.1 Å². The van der Waals surface area contributed by atoms with Gasteiger partial charge in [-0.25, -0.2) is 9.97 Å². The van der Waals surface area contributed by atoms with Crippen LogP contribution in [0.15, 0.2) is 42.6 Å². The van der Waals surface area contributed by atoms with Gasteiger partial charge in [-0.15, -0.1) is 0 Å². The van der Waals surface area contributed by atoms with Crippen molar-refractivity contribution in [2.24, 2.45) is 5.92 Å². The zero-order valence-electron chi connectivity index (χ0n) is 19.0. The first-order valence-corrected chi connectivity index (χ1v) is 11.5. The number of anilines is 3. The number of rotatable bonds is 5. The number of aromatic nitrogens is 2. The van der Waals surface area contributed by atoms with Gasteiger partial charge in [-0.3, -0.25) is 0 Å². The van der Waals surface area contributed by atoms with Crippen LogP contribution in [0.2, 0.25) is 0 Å². The van der Waals surface area contributed by atoms with Gasteiger partial charge in [0.1, 0.15) is 5.82 Å². The molecule has 168 valence electrons. The van der Waals surface area contributed by atoms with Gasteiger partial charge in [-0.2, -0.15) is 0 Å². The second-order valence-electron chi connectivity index (χ2n) is 9.05. The first-order chi connectivity index (χ1) is 15.6. The zero-order valence-corrected chi connectivity index (χ0v) is 19.0. The Labute approximate surface area is 189 Å². The summed E-state index contributed by atoms with van der Waals surface area (Å²) < 4.78 is 0. The largest absolute Gasteiger partial charge is 0.396 e. The van der Waals surface area contributed by atoms with Gasteiger partial charge in [-0.05, 0) is 42.8 Å². The molecule has 7 nitrogen and oxygen atoms in total. The predicted octanol–water partition coefficient (Wildman–Crippen LogP) is 2.59. The molecule has 2 fully saturated rings. The molecule has 0 amide bonds. The quantitative estimate of drug-likeness (QED) is 0.642. The fourth-order valence-corrected chi connectivity index (χ4v) is 4.71. The molecule has 2 aliphatic rings. The van der Waals surface area contributed by atoms with Crippen LogP contribution in [-0.4, -0.2) is 75.0 Å². The minimum Gasteiger partial charge on any atom is -0.396 e. The molecule has 4 heterocycles. The predicted molar refractivity (Wildman–Crippen MR) is 132 cm³/mol. The molecule has 1 aromatic carbocycles. The number of aliphatic hydroxyl groups is 1. The molecular weight excluding hydrogens is 400 g/mol. The molecule has 0 aliphatic carbocycles. The van der Waals surface area contributed by atoms with Gasteiger partial charge in [0.15, 0.2) is 0 Å². The summed E-state index contributed by atoms with van der Waals surface area (Å²) in [4.78, 5) is 16.6. The molecule has 0 bridgehead atoms. The first kappa shape index (κ1) is 21.0. The second-order valence-corrected chi connectivity index (χ2v) is 9.05. The SMILES string of the molecule is CN(C)c1ccc2c(N3CCC(CO)C3)cc(-c3ccc(N4CCNCC4)nc3)nc2c1. The Bertz CT molecular complexity index is 1080. The molecule has 2 aliphatic heterocycles. The third kappa shape index (κ3) is 4.10. The average molecular weight is 433 g/mol. The molecule has 3 aromatic rings. The minimum absolute atomic E-state index is 0.245. The summed E-state index contributed by atoms with van der Waals surface area (Å²) in [6.07, 6.45) is 2.97. The number of piperazine rings is 1. The lowest BCUT2D eigenvalue weighted by Gasteiger charge is -2.28. The lowest BCUT2D eigenvalue weighted by molar-refractivity contribution is 0.238. The Morgan fingerprint density at radius 3 is 2.59 bits per heavy atom. The van der Waals surface area contributed by atoms with Crippen LogP contribution >= 0.6 is 0 Å². The van der Waals surface area contributed by atoms with Crippen LogP contribution in [0.4, 0.5) is 17.2 Å². The van der Waals surface area contributed by atoms with Crippen molar-refractivity contribution in [1.82, 2.24) is 15.3 Å². The highest BCUT2D eigenvalue weighted by atomic mass is 16.3. The Hall–Kier alpha value is -2.90. The molecule has 2 saturated heterocycles. The van der Waals surface area contributed by atoms with Gasteiger partial charge in [0.2, 0.25) is 0 Å². The summed E-state index contributed by atoms with van der Waals surface area (Å²) in [5.74, 6) is 1.36. The van der Waals surface area contributed by atoms with Crippen LogP contribution in [0.25, 0.3) is 22.2 Å². The summed E-state index contributed by atoms with van der Waals surface area (Å²) >= 11 is 0. The van der Waals surface area contributed by atoms with Crippen LogP contribution in [0.3, 0.4) is 0 Å². The van der Waals surface area contributed by atoms with E-state index < -0.39 is 0 Å². The summed E-state index contributed by atoms with van der Waals surface area (Å²) in [6, 6.07) is 12.9. The maximum absolute atomic E-state index is 9.65. The number of benzene rings is 1. The van der Waals surface area contributed by atoms with E-state index in [2.05, 4.69) is 70.5 Å². The van der Waals surface area contributed by atoms with E-state index in [0.29, 0.717) is 5.92 Å². The molecule has 7 heteroatoms. The van der Waals surface area contributed by atoms with E-state index in [1.54, 1.807) is 0 Å². The Morgan fingerprint density at radius 2 is 1.91 bits per heavy atom. The van der Waals surface area contributed by atoms with Crippen molar-refractivity contribution in [1.29, 1.82) is 0 Å². The molecular formula is C25H32N6O. The molecule has 5 rings (SSSR count). The highest BCUT2D eigenvalue weighted by Gasteiger charge is 2.24. The molecule has 2 aromatic heterocycles. The maximum Gasteiger partial charge on any atom is 0.128 e. The van der Waals surface area contributed by atoms with Gasteiger partial charge >= 0.3 is 0 Å². The lowest BCUT2D eigenvalue weighted by atomic mass is 10.1. The average Bonchev–Trinajstić information content (AvgIpc) is 3.33. The van der Waals surface area contributed by atoms with Crippen LogP contribution in [-0.2, 0) is 0 Å². The molecule has 2 N–H and O–H groups in total. The van der Waals surface area contributed by atoms with E-state index in [9.17, 15) is 5.11 Å². The molecule has 32 heavy (non-hydrogen) atoms. The van der Waals surface area contributed by atoms with E-state index in [0.717, 1.165) is 79.4 Å². The molecule has 0 spiro atoms. The van der Waals surface area contributed by atoms with Crippen molar-refractivity contribution in [2.45, 2.75) is 6.42 Å². The third-order valence-electron chi connectivity index (χ3n) is 6.66. The summed E-state index contributed by atoms with van der Waals surface area (Å²) in [5, 5.41) is 14.2. The summed E-state index contributed by atoms with van der Waals surface area (Å²) in [6.45, 7) is 6.05. The number of hydrogen-bond donors (Lipinski definition) is 2. The summed E-state index contributed by atoms with van der Waals surface area (Å²) in [7, 11) is 4.11. The molecule has 0 radical (unpaired) electrons. The number of hydrogen-bond acceptors (Lipinski definition) is 7. The van der Waals surface area contributed by atoms with E-state index in [1.807, 2.05) is 6.20 Å². The van der Waals surface area contributed by atoms with Gasteiger partial charge in [0, 0.05) is 94.4 Å². The number of nitrogens with one attached hydrogen (secondary N) is 1. The maximum atomic E-state index is 9.65. The van der Waals surface area contributed by atoms with Crippen LogP contribution in [0.1, 0.15) is 6.42 Å². The van der Waals surface area contributed by atoms with Gasteiger partial charge in [0.05, 0.1) is 11.2 Å². The Morgan fingerprint density at radius 1 is 1.06 bits per heavy atom. The second kappa shape index (κ2) is 8.92. The number of nitrogens with zero attached hydrogens (tertiary/aromatic N) is 5. The number of aliphatic hydroxyl groups excluding tert-OH is 1. The third-order valence-corrected chi connectivity index (χ3v) is 6.66. The smallest absolute Gasteiger partial charge is 0.128 e. The van der Waals surface area contributed by atoms with Crippen molar-refractivity contribution < 1.29 is 5.11 Å². The van der Waals surface area contributed by atoms with Crippen molar-refractivity contribution in [3.8, 4) is 11.3 Å². The fourth-order valence-electron chi connectivity index (χ4n) is 4.71. The zero-order chi connectivity index (χ0) is 22.1. The standard InChI is InChI=1S/C25H32N6O/c1-29(2)20-4-5-21-23(13-20)28-22(14-24(21)31-10-7-18(16-31)17-32)19-3-6-25(27-15-19)30-11-8-26-9-12-30/h3-6,13-15,18,26,32H,7-12,16-17H2,1-2H3. The molecule has 1 unspecified atom stereocenters. The van der Waals surface area contributed by atoms with Crippen LogP contribution < -0.4 is 20.0 Å². The van der Waals surface area contributed by atoms with E-state index >= 15 is 0 Å². The monoisotopic (exact) mass is 432 g/mol. The van der Waals surface area contributed by atoms with Crippen molar-refractivity contribution in [3.63, 3.8) is 0 Å². The fraction of sp³-hybridized carbons (Fsp3) is 0.440. The lowest BCUT2D eigenvalue weighted by Crippen LogP contribution is -2.43. The number of fused-ring (bicyclic) bond motifs is 1. The van der Waals surface area contributed by atoms with Gasteiger partial charge < -0.3 is 25.1 Å². The topological polar surface area (TPSA) is 67.8 Å². The van der Waals surface area contributed by atoms with Crippen molar-refractivity contribution in [3.05, 3.63) is 42.6 Å². The van der Waals surface area contributed by atoms with Crippen LogP contribution in [0.5, 0.6) is 0 Å². The minimum atomic E-state index is 0.245. The molecule has 0 saturated carbocycles. The Balaban J connectivity index is 1.54. The normalized spacial score (nSPS) is 19.0. The van der Waals surface area contributed by atoms with E-state index in [-0.39, 0.29) is 6.61 Å². The number of pyridine rings is 2. The van der Waals surface area contributed by atoms with Crippen molar-refractivity contribution in [2.75, 3.05) is 74.7 Å². The van der Waals surface area contributed by atoms with Crippen LogP contribution in [0, 0.1) is 5.92 Å². The van der Waals surface area contributed by atoms with E-state index in [4.69, 9.17) is 9.97 Å². The highest BCUT2D eigenvalue weighted by molar-refractivity contribution is 5.96. The summed E-state index contributed by atoms with van der Waals surface area (Å²) in [5.41, 5.74) is 5.28.